The van der Waals surface area contributed by atoms with Crippen LogP contribution in [-0.4, -0.2) is 24.5 Å². The van der Waals surface area contributed by atoms with E-state index in [4.69, 9.17) is 16.7 Å². The monoisotopic (exact) mass is 160 g/mol. The van der Waals surface area contributed by atoms with Gasteiger partial charge < -0.3 is 5.11 Å². The molecule has 0 aliphatic carbocycles. The number of carbonyl (C=O) groups is 1. The second-order valence-electron chi connectivity index (χ2n) is 1.26. The fourth-order valence-corrected chi connectivity index (χ4v) is 0.437. The van der Waals surface area contributed by atoms with Crippen molar-refractivity contribution < 1.29 is 9.90 Å². The van der Waals surface area contributed by atoms with Crippen LogP contribution in [0.5, 0.6) is 0 Å². The van der Waals surface area contributed by atoms with Crippen LogP contribution in [0.2, 0.25) is 0 Å². The summed E-state index contributed by atoms with van der Waals surface area (Å²) in [5, 5.41) is 8.05. The molecule has 0 saturated carbocycles. The second kappa shape index (κ2) is 3.79. The van der Waals surface area contributed by atoms with Crippen molar-refractivity contribution in [2.45, 2.75) is 0 Å². The van der Waals surface area contributed by atoms with E-state index in [1.54, 1.807) is 0 Å². The Morgan fingerprint density at radius 2 is 1.90 bits per heavy atom. The average Bonchev–Trinajstić information content (AvgIpc) is 1.88. The molecular weight excluding hydrogens is 156 g/mol. The quantitative estimate of drug-likeness (QED) is 0.379. The molecule has 0 saturated heterocycles. The Labute approximate surface area is 62.6 Å². The standard InChI is InChI=1S/C5H5ClN2O2/c1-7-3(5(9)10)4(6)8-2/h1-2H2,(H,9,10)/b4-3-. The van der Waals surface area contributed by atoms with Crippen molar-refractivity contribution >= 4 is 31.0 Å². The molecule has 0 aliphatic heterocycles. The first kappa shape index (κ1) is 8.84. The van der Waals surface area contributed by atoms with Gasteiger partial charge in [0, 0.05) is 0 Å². The van der Waals surface area contributed by atoms with Crippen LogP contribution in [0.25, 0.3) is 0 Å². The van der Waals surface area contributed by atoms with E-state index in [1.165, 1.54) is 0 Å². The molecule has 0 fully saturated rings. The number of halogens is 1. The van der Waals surface area contributed by atoms with Gasteiger partial charge >= 0.3 is 5.97 Å². The lowest BCUT2D eigenvalue weighted by atomic mass is 10.5. The normalized spacial score (nSPS) is 11.7. The van der Waals surface area contributed by atoms with Crippen molar-refractivity contribution in [1.29, 1.82) is 0 Å². The van der Waals surface area contributed by atoms with Crippen LogP contribution in [0.15, 0.2) is 20.8 Å². The van der Waals surface area contributed by atoms with Gasteiger partial charge in [0.1, 0.15) is 0 Å². The maximum Gasteiger partial charge on any atom is 0.357 e. The highest BCUT2D eigenvalue weighted by Gasteiger charge is 2.08. The summed E-state index contributed by atoms with van der Waals surface area (Å²) in [4.78, 5) is 16.5. The molecule has 5 heteroatoms. The Bertz CT molecular complexity index is 210. The van der Waals surface area contributed by atoms with Gasteiger partial charge in [-0.05, 0) is 13.4 Å². The fourth-order valence-electron chi connectivity index (χ4n) is 0.296. The molecular formula is C5H5ClN2O2. The molecule has 1 N–H and O–H groups in total. The largest absolute Gasteiger partial charge is 0.476 e. The SMILES string of the molecule is C=N/C(Cl)=C(\N=C)C(=O)O. The molecule has 54 valence electrons. The van der Waals surface area contributed by atoms with Crippen LogP contribution in [0.3, 0.4) is 0 Å². The van der Waals surface area contributed by atoms with E-state index >= 15 is 0 Å². The molecule has 0 aromatic rings. The zero-order valence-corrected chi connectivity index (χ0v) is 5.80. The minimum atomic E-state index is -1.27. The van der Waals surface area contributed by atoms with Crippen LogP contribution in [-0.2, 0) is 4.79 Å². The number of aliphatic imine (C=N–C) groups is 2. The first-order valence-corrected chi connectivity index (χ1v) is 2.57. The number of aliphatic carboxylic acids is 1. The van der Waals surface area contributed by atoms with Gasteiger partial charge in [0.25, 0.3) is 0 Å². The lowest BCUT2D eigenvalue weighted by Gasteiger charge is -1.91. The lowest BCUT2D eigenvalue weighted by molar-refractivity contribution is -0.132. The molecule has 0 rings (SSSR count). The number of hydrogen-bond donors (Lipinski definition) is 1. The molecule has 0 unspecified atom stereocenters. The van der Waals surface area contributed by atoms with E-state index in [-0.39, 0.29) is 5.16 Å². The smallest absolute Gasteiger partial charge is 0.357 e. The van der Waals surface area contributed by atoms with Gasteiger partial charge in [-0.2, -0.15) is 0 Å². The van der Waals surface area contributed by atoms with E-state index in [1.807, 2.05) is 0 Å². The maximum absolute atomic E-state index is 10.2. The fraction of sp³-hybridized carbons (Fsp3) is 0. The van der Waals surface area contributed by atoms with Crippen LogP contribution in [0.4, 0.5) is 0 Å². The van der Waals surface area contributed by atoms with Crippen molar-refractivity contribution in [3.05, 3.63) is 10.9 Å². The Morgan fingerprint density at radius 1 is 1.40 bits per heavy atom. The molecule has 0 heterocycles. The highest BCUT2D eigenvalue weighted by molar-refractivity contribution is 6.31. The summed E-state index contributed by atoms with van der Waals surface area (Å²) in [5.41, 5.74) is -0.392. The summed E-state index contributed by atoms with van der Waals surface area (Å²) in [6.45, 7) is 6.01. The van der Waals surface area contributed by atoms with Gasteiger partial charge in [-0.3, -0.25) is 4.99 Å². The van der Waals surface area contributed by atoms with Gasteiger partial charge in [0.2, 0.25) is 0 Å². The van der Waals surface area contributed by atoms with Gasteiger partial charge in [-0.1, -0.05) is 11.6 Å². The van der Waals surface area contributed by atoms with E-state index in [9.17, 15) is 4.79 Å². The Hall–Kier alpha value is -1.16. The maximum atomic E-state index is 10.2. The molecule has 0 amide bonds. The lowest BCUT2D eigenvalue weighted by Crippen LogP contribution is -1.98. The first-order valence-electron chi connectivity index (χ1n) is 2.20. The highest BCUT2D eigenvalue weighted by atomic mass is 35.5. The molecule has 0 spiro atoms. The highest BCUT2D eigenvalue weighted by Crippen LogP contribution is 2.10. The van der Waals surface area contributed by atoms with Gasteiger partial charge in [0.15, 0.2) is 10.9 Å². The number of carboxylic acid groups (broad SMARTS) is 1. The predicted molar refractivity (Wildman–Crippen MR) is 39.6 cm³/mol. The summed E-state index contributed by atoms with van der Waals surface area (Å²) in [7, 11) is 0. The van der Waals surface area contributed by atoms with Gasteiger partial charge in [-0.25, -0.2) is 9.79 Å². The predicted octanol–water partition coefficient (Wildman–Crippen LogP) is 0.880. The molecule has 4 nitrogen and oxygen atoms in total. The zero-order chi connectivity index (χ0) is 8.15. The van der Waals surface area contributed by atoms with Crippen LogP contribution in [0.1, 0.15) is 0 Å². The van der Waals surface area contributed by atoms with E-state index < -0.39 is 11.7 Å². The van der Waals surface area contributed by atoms with Crippen molar-refractivity contribution in [3.63, 3.8) is 0 Å². The molecule has 0 aromatic heterocycles. The van der Waals surface area contributed by atoms with Crippen molar-refractivity contribution in [2.75, 3.05) is 0 Å². The Balaban J connectivity index is 4.79. The molecule has 0 radical (unpaired) electrons. The summed E-state index contributed by atoms with van der Waals surface area (Å²) in [6.07, 6.45) is 0. The molecule has 0 aliphatic rings. The first-order chi connectivity index (χ1) is 4.63. The summed E-state index contributed by atoms with van der Waals surface area (Å²) >= 11 is 5.26. The van der Waals surface area contributed by atoms with E-state index in [0.29, 0.717) is 0 Å². The molecule has 0 bridgehead atoms. The molecule has 0 aromatic carbocycles. The van der Waals surface area contributed by atoms with E-state index in [0.717, 1.165) is 0 Å². The summed E-state index contributed by atoms with van der Waals surface area (Å²) in [6, 6.07) is 0. The molecule has 10 heavy (non-hydrogen) atoms. The Morgan fingerprint density at radius 3 is 2.00 bits per heavy atom. The second-order valence-corrected chi connectivity index (χ2v) is 1.62. The van der Waals surface area contributed by atoms with Gasteiger partial charge in [0.05, 0.1) is 0 Å². The number of hydrogen-bond acceptors (Lipinski definition) is 3. The number of carboxylic acids is 1. The summed E-state index contributed by atoms with van der Waals surface area (Å²) < 4.78 is 0. The van der Waals surface area contributed by atoms with Gasteiger partial charge in [-0.15, -0.1) is 0 Å². The van der Waals surface area contributed by atoms with Crippen LogP contribution < -0.4 is 0 Å². The average molecular weight is 161 g/mol. The third-order valence-corrected chi connectivity index (χ3v) is 0.993. The summed E-state index contributed by atoms with van der Waals surface area (Å²) in [5.74, 6) is -1.27. The zero-order valence-electron chi connectivity index (χ0n) is 5.04. The van der Waals surface area contributed by atoms with E-state index in [2.05, 4.69) is 23.4 Å². The number of nitrogens with zero attached hydrogens (tertiary/aromatic N) is 2. The number of rotatable bonds is 3. The topological polar surface area (TPSA) is 62.0 Å². The van der Waals surface area contributed by atoms with Crippen molar-refractivity contribution in [2.24, 2.45) is 9.98 Å². The molecule has 0 atom stereocenters. The van der Waals surface area contributed by atoms with Crippen LogP contribution >= 0.6 is 11.6 Å². The van der Waals surface area contributed by atoms with Crippen molar-refractivity contribution in [1.82, 2.24) is 0 Å². The third kappa shape index (κ3) is 1.99. The van der Waals surface area contributed by atoms with Crippen molar-refractivity contribution in [3.8, 4) is 0 Å². The minimum absolute atomic E-state index is 0.262. The third-order valence-electron chi connectivity index (χ3n) is 0.695. The van der Waals surface area contributed by atoms with Crippen LogP contribution in [0, 0.1) is 0 Å². The minimum Gasteiger partial charge on any atom is -0.476 e. The Kier molecular flexibility index (Phi) is 3.35.